The van der Waals surface area contributed by atoms with Gasteiger partial charge in [0.05, 0.1) is 17.3 Å². The SMILES string of the molecule is CN(C)CCOc1ccc(NC(=O)C2(c3ccc(Cl)cc3)Cc3ccccc3C2)cn1. The van der Waals surface area contributed by atoms with E-state index in [-0.39, 0.29) is 5.91 Å². The predicted molar refractivity (Wildman–Crippen MR) is 124 cm³/mol. The Labute approximate surface area is 188 Å². The molecule has 0 fully saturated rings. The fourth-order valence-corrected chi connectivity index (χ4v) is 4.13. The smallest absolute Gasteiger partial charge is 0.235 e. The van der Waals surface area contributed by atoms with Crippen LogP contribution in [0.3, 0.4) is 0 Å². The van der Waals surface area contributed by atoms with Crippen molar-refractivity contribution in [3.63, 3.8) is 0 Å². The first-order valence-corrected chi connectivity index (χ1v) is 10.7. The van der Waals surface area contributed by atoms with E-state index >= 15 is 0 Å². The molecule has 5 nitrogen and oxygen atoms in total. The van der Waals surface area contributed by atoms with Crippen LogP contribution in [0.4, 0.5) is 5.69 Å². The minimum absolute atomic E-state index is 0.0471. The number of nitrogens with zero attached hydrogens (tertiary/aromatic N) is 2. The molecule has 0 saturated carbocycles. The zero-order valence-electron chi connectivity index (χ0n) is 17.8. The second-order valence-electron chi connectivity index (χ2n) is 8.20. The number of halogens is 1. The highest BCUT2D eigenvalue weighted by Gasteiger charge is 2.45. The van der Waals surface area contributed by atoms with Gasteiger partial charge in [-0.05, 0) is 61.8 Å². The molecule has 4 rings (SSSR count). The summed E-state index contributed by atoms with van der Waals surface area (Å²) in [5.41, 5.74) is 3.33. The van der Waals surface area contributed by atoms with Gasteiger partial charge in [-0.25, -0.2) is 4.98 Å². The number of aromatic nitrogens is 1. The Balaban J connectivity index is 1.54. The van der Waals surface area contributed by atoms with Crippen molar-refractivity contribution in [1.82, 2.24) is 9.88 Å². The minimum Gasteiger partial charge on any atom is -0.476 e. The lowest BCUT2D eigenvalue weighted by atomic mass is 9.76. The van der Waals surface area contributed by atoms with E-state index in [1.807, 2.05) is 61.5 Å². The third-order valence-corrected chi connectivity index (χ3v) is 5.97. The summed E-state index contributed by atoms with van der Waals surface area (Å²) in [6.07, 6.45) is 2.94. The van der Waals surface area contributed by atoms with Crippen molar-refractivity contribution in [2.45, 2.75) is 18.3 Å². The zero-order valence-corrected chi connectivity index (χ0v) is 18.5. The molecule has 3 aromatic rings. The number of rotatable bonds is 7. The van der Waals surface area contributed by atoms with Gasteiger partial charge >= 0.3 is 0 Å². The number of hydrogen-bond acceptors (Lipinski definition) is 4. The predicted octanol–water partition coefficient (Wildman–Crippen LogP) is 4.35. The minimum atomic E-state index is -0.685. The number of likely N-dealkylation sites (N-methyl/N-ethyl adjacent to an activating group) is 1. The van der Waals surface area contributed by atoms with E-state index < -0.39 is 5.41 Å². The number of ether oxygens (including phenoxy) is 1. The van der Waals surface area contributed by atoms with Crippen molar-refractivity contribution in [2.75, 3.05) is 32.6 Å². The molecule has 0 aliphatic heterocycles. The van der Waals surface area contributed by atoms with E-state index in [1.165, 1.54) is 11.1 Å². The Morgan fingerprint density at radius 1 is 1.06 bits per heavy atom. The van der Waals surface area contributed by atoms with Crippen molar-refractivity contribution in [2.24, 2.45) is 0 Å². The number of pyridine rings is 1. The van der Waals surface area contributed by atoms with Gasteiger partial charge in [0.2, 0.25) is 11.8 Å². The molecule has 1 N–H and O–H groups in total. The van der Waals surface area contributed by atoms with Crippen LogP contribution < -0.4 is 10.1 Å². The molecule has 160 valence electrons. The highest BCUT2D eigenvalue weighted by Crippen LogP contribution is 2.41. The highest BCUT2D eigenvalue weighted by atomic mass is 35.5. The standard InChI is InChI=1S/C25H26ClN3O2/c1-29(2)13-14-31-23-12-11-22(17-27-23)28-24(30)25(20-7-9-21(26)10-8-20)15-18-5-3-4-6-19(18)16-25/h3-12,17H,13-16H2,1-2H3,(H,28,30). The lowest BCUT2D eigenvalue weighted by Gasteiger charge is -2.28. The number of hydrogen-bond donors (Lipinski definition) is 1. The number of benzene rings is 2. The van der Waals surface area contributed by atoms with Gasteiger partial charge in [-0.3, -0.25) is 4.79 Å². The van der Waals surface area contributed by atoms with Gasteiger partial charge in [0.25, 0.3) is 0 Å². The molecular formula is C25H26ClN3O2. The normalized spacial score (nSPS) is 14.3. The molecule has 0 unspecified atom stereocenters. The van der Waals surface area contributed by atoms with E-state index in [9.17, 15) is 4.79 Å². The number of carbonyl (C=O) groups excluding carboxylic acids is 1. The van der Waals surface area contributed by atoms with Gasteiger partial charge in [0.1, 0.15) is 6.61 Å². The molecule has 0 atom stereocenters. The molecule has 1 heterocycles. The van der Waals surface area contributed by atoms with Crippen molar-refractivity contribution in [1.29, 1.82) is 0 Å². The van der Waals surface area contributed by atoms with Crippen LogP contribution in [0.5, 0.6) is 5.88 Å². The van der Waals surface area contributed by atoms with E-state index in [0.717, 1.165) is 12.1 Å². The second-order valence-corrected chi connectivity index (χ2v) is 8.64. The van der Waals surface area contributed by atoms with Crippen molar-refractivity contribution >= 4 is 23.2 Å². The third-order valence-electron chi connectivity index (χ3n) is 5.72. The van der Waals surface area contributed by atoms with Crippen LogP contribution in [0.15, 0.2) is 66.9 Å². The first-order valence-electron chi connectivity index (χ1n) is 10.3. The molecule has 0 radical (unpaired) electrons. The molecule has 1 aliphatic rings. The maximum absolute atomic E-state index is 13.6. The van der Waals surface area contributed by atoms with E-state index in [1.54, 1.807) is 12.3 Å². The number of fused-ring (bicyclic) bond motifs is 1. The molecule has 31 heavy (non-hydrogen) atoms. The average molecular weight is 436 g/mol. The Kier molecular flexibility index (Phi) is 6.25. The molecule has 0 saturated heterocycles. The Bertz CT molecular complexity index is 1020. The number of nitrogens with one attached hydrogen (secondary N) is 1. The third kappa shape index (κ3) is 4.73. The topological polar surface area (TPSA) is 54.5 Å². The maximum atomic E-state index is 13.6. The fourth-order valence-electron chi connectivity index (χ4n) is 4.00. The largest absolute Gasteiger partial charge is 0.476 e. The Hall–Kier alpha value is -2.89. The summed E-state index contributed by atoms with van der Waals surface area (Å²) in [6, 6.07) is 19.4. The summed E-state index contributed by atoms with van der Waals surface area (Å²) in [4.78, 5) is 20.0. The lowest BCUT2D eigenvalue weighted by Crippen LogP contribution is -2.41. The van der Waals surface area contributed by atoms with Crippen LogP contribution in [0, 0.1) is 0 Å². The van der Waals surface area contributed by atoms with Gasteiger partial charge in [-0.1, -0.05) is 48.0 Å². The average Bonchev–Trinajstić information content (AvgIpc) is 3.16. The summed E-state index contributed by atoms with van der Waals surface area (Å²) < 4.78 is 5.64. The molecule has 2 aromatic carbocycles. The molecule has 0 bridgehead atoms. The summed E-state index contributed by atoms with van der Waals surface area (Å²) in [7, 11) is 3.99. The lowest BCUT2D eigenvalue weighted by molar-refractivity contribution is -0.121. The van der Waals surface area contributed by atoms with E-state index in [0.29, 0.717) is 36.0 Å². The van der Waals surface area contributed by atoms with Crippen LogP contribution in [0.1, 0.15) is 16.7 Å². The quantitative estimate of drug-likeness (QED) is 0.599. The number of anilines is 1. The van der Waals surface area contributed by atoms with Gasteiger partial charge in [-0.15, -0.1) is 0 Å². The molecule has 1 amide bonds. The zero-order chi connectivity index (χ0) is 21.8. The van der Waals surface area contributed by atoms with Crippen LogP contribution in [-0.2, 0) is 23.1 Å². The molecule has 6 heteroatoms. The van der Waals surface area contributed by atoms with Crippen molar-refractivity contribution in [3.8, 4) is 5.88 Å². The van der Waals surface area contributed by atoms with Crippen LogP contribution in [0.25, 0.3) is 0 Å². The van der Waals surface area contributed by atoms with Crippen molar-refractivity contribution < 1.29 is 9.53 Å². The monoisotopic (exact) mass is 435 g/mol. The van der Waals surface area contributed by atoms with Gasteiger partial charge in [-0.2, -0.15) is 0 Å². The van der Waals surface area contributed by atoms with Crippen molar-refractivity contribution in [3.05, 3.63) is 88.6 Å². The molecule has 1 aliphatic carbocycles. The van der Waals surface area contributed by atoms with E-state index in [2.05, 4.69) is 22.4 Å². The highest BCUT2D eigenvalue weighted by molar-refractivity contribution is 6.30. The van der Waals surface area contributed by atoms with E-state index in [4.69, 9.17) is 16.3 Å². The van der Waals surface area contributed by atoms with Crippen LogP contribution in [-0.4, -0.2) is 43.0 Å². The first-order chi connectivity index (χ1) is 15.0. The number of carbonyl (C=O) groups is 1. The number of amides is 1. The maximum Gasteiger partial charge on any atom is 0.235 e. The molecule has 0 spiro atoms. The Morgan fingerprint density at radius 3 is 2.32 bits per heavy atom. The van der Waals surface area contributed by atoms with Crippen LogP contribution in [0.2, 0.25) is 5.02 Å². The summed E-state index contributed by atoms with van der Waals surface area (Å²) in [5.74, 6) is 0.495. The van der Waals surface area contributed by atoms with Gasteiger partial charge in [0, 0.05) is 17.6 Å². The Morgan fingerprint density at radius 2 is 1.74 bits per heavy atom. The van der Waals surface area contributed by atoms with Crippen LogP contribution >= 0.6 is 11.6 Å². The summed E-state index contributed by atoms with van der Waals surface area (Å²) >= 11 is 6.11. The molecular weight excluding hydrogens is 410 g/mol. The summed E-state index contributed by atoms with van der Waals surface area (Å²) in [6.45, 7) is 1.37. The molecule has 1 aromatic heterocycles. The van der Waals surface area contributed by atoms with Gasteiger partial charge in [0.15, 0.2) is 0 Å². The van der Waals surface area contributed by atoms with Gasteiger partial charge < -0.3 is 15.0 Å². The fraction of sp³-hybridized carbons (Fsp3) is 0.280. The first kappa shape index (κ1) is 21.3. The second kappa shape index (κ2) is 9.08. The summed E-state index contributed by atoms with van der Waals surface area (Å²) in [5, 5.41) is 3.73.